The molecule has 1 unspecified atom stereocenters. The largest absolute Gasteiger partial charge is 0.393 e. The molecule has 14 heavy (non-hydrogen) atoms. The lowest BCUT2D eigenvalue weighted by atomic mass is 10.1. The number of aliphatic hydroxyl groups excluding tert-OH is 1. The Kier molecular flexibility index (Phi) is 3.29. The number of hydrogen-bond donors (Lipinski definition) is 4. The first-order valence-electron chi connectivity index (χ1n) is 4.55. The van der Waals surface area contributed by atoms with Crippen LogP contribution in [0.2, 0.25) is 0 Å². The van der Waals surface area contributed by atoms with Gasteiger partial charge in [-0.3, -0.25) is 10.2 Å². The highest BCUT2D eigenvalue weighted by atomic mass is 16.3. The molecule has 1 rings (SSSR count). The number of amides is 1. The number of nitrogens with one attached hydrogen (secondary N) is 2. The summed E-state index contributed by atoms with van der Waals surface area (Å²) in [6, 6.07) is 0.0603. The molecule has 1 heterocycles. The molecule has 5 N–H and O–H groups in total. The van der Waals surface area contributed by atoms with Gasteiger partial charge in [0, 0.05) is 13.1 Å². The summed E-state index contributed by atoms with van der Waals surface area (Å²) in [6.07, 6.45) is -0.490. The molecular weight excluding hydrogens is 184 g/mol. The Hall–Kier alpha value is -1.30. The number of nitrogens with two attached hydrogens (primary N) is 1. The first-order chi connectivity index (χ1) is 6.49. The fourth-order valence-electron chi connectivity index (χ4n) is 1.32. The van der Waals surface area contributed by atoms with Gasteiger partial charge in [0.1, 0.15) is 0 Å². The molecule has 1 aliphatic rings. The van der Waals surface area contributed by atoms with Crippen molar-refractivity contribution in [2.75, 3.05) is 13.1 Å². The average molecular weight is 200 g/mol. The van der Waals surface area contributed by atoms with Crippen LogP contribution in [-0.2, 0) is 4.79 Å². The van der Waals surface area contributed by atoms with Gasteiger partial charge < -0.3 is 21.1 Å². The maximum Gasteiger partial charge on any atom is 0.222 e. The van der Waals surface area contributed by atoms with Crippen molar-refractivity contribution in [3.8, 4) is 0 Å². The number of nitrogens with zero attached hydrogens (tertiary/aromatic N) is 1. The standard InChI is InChI=1S/C8H16N4O2/c1-5(13)2-7(14)11-6-3-12(4-6)8(9)10/h5-6,13H,2-4H2,1H3,(H3,9,10)(H,11,14). The number of carbonyl (C=O) groups excluding carboxylic acids is 1. The molecule has 1 atom stereocenters. The second kappa shape index (κ2) is 4.28. The minimum absolute atomic E-state index is 0.0334. The van der Waals surface area contributed by atoms with E-state index in [1.54, 1.807) is 11.8 Å². The summed E-state index contributed by atoms with van der Waals surface area (Å²) in [5.74, 6) is -0.126. The molecule has 6 nitrogen and oxygen atoms in total. The molecule has 0 radical (unpaired) electrons. The predicted octanol–water partition coefficient (Wildman–Crippen LogP) is -1.55. The minimum Gasteiger partial charge on any atom is -0.393 e. The van der Waals surface area contributed by atoms with Gasteiger partial charge in [0.25, 0.3) is 0 Å². The first kappa shape index (κ1) is 10.8. The van der Waals surface area contributed by atoms with Gasteiger partial charge in [-0.2, -0.15) is 0 Å². The maximum absolute atomic E-state index is 11.2. The lowest BCUT2D eigenvalue weighted by molar-refractivity contribution is -0.124. The monoisotopic (exact) mass is 200 g/mol. The zero-order valence-corrected chi connectivity index (χ0v) is 8.16. The number of hydrogen-bond acceptors (Lipinski definition) is 3. The number of aliphatic hydroxyl groups is 1. The predicted molar refractivity (Wildman–Crippen MR) is 51.7 cm³/mol. The van der Waals surface area contributed by atoms with E-state index in [2.05, 4.69) is 5.32 Å². The van der Waals surface area contributed by atoms with Crippen LogP contribution in [0, 0.1) is 5.41 Å². The maximum atomic E-state index is 11.2. The molecule has 0 saturated carbocycles. The number of guanidine groups is 1. The third-order valence-electron chi connectivity index (χ3n) is 2.07. The molecule has 0 aromatic heterocycles. The van der Waals surface area contributed by atoms with Crippen molar-refractivity contribution in [2.24, 2.45) is 5.73 Å². The SMILES string of the molecule is CC(O)CC(=O)NC1CN(C(=N)N)C1. The lowest BCUT2D eigenvalue weighted by Crippen LogP contribution is -2.62. The molecule has 0 spiro atoms. The normalized spacial score (nSPS) is 18.6. The summed E-state index contributed by atoms with van der Waals surface area (Å²) in [5.41, 5.74) is 5.23. The van der Waals surface area contributed by atoms with E-state index >= 15 is 0 Å². The Morgan fingerprint density at radius 3 is 2.79 bits per heavy atom. The fraction of sp³-hybridized carbons (Fsp3) is 0.750. The molecule has 1 amide bonds. The van der Waals surface area contributed by atoms with E-state index in [0.29, 0.717) is 13.1 Å². The zero-order chi connectivity index (χ0) is 10.7. The topological polar surface area (TPSA) is 102 Å². The van der Waals surface area contributed by atoms with Crippen LogP contribution >= 0.6 is 0 Å². The zero-order valence-electron chi connectivity index (χ0n) is 8.16. The van der Waals surface area contributed by atoms with Gasteiger partial charge in [-0.05, 0) is 6.92 Å². The van der Waals surface area contributed by atoms with E-state index < -0.39 is 6.10 Å². The van der Waals surface area contributed by atoms with Crippen molar-refractivity contribution in [1.29, 1.82) is 5.41 Å². The molecule has 1 fully saturated rings. The van der Waals surface area contributed by atoms with Crippen LogP contribution in [0.25, 0.3) is 0 Å². The smallest absolute Gasteiger partial charge is 0.222 e. The highest BCUT2D eigenvalue weighted by molar-refractivity contribution is 5.78. The van der Waals surface area contributed by atoms with Crippen molar-refractivity contribution >= 4 is 11.9 Å². The third kappa shape index (κ3) is 2.88. The molecule has 0 bridgehead atoms. The molecule has 6 heteroatoms. The summed E-state index contributed by atoms with van der Waals surface area (Å²) in [4.78, 5) is 12.8. The van der Waals surface area contributed by atoms with Crippen molar-refractivity contribution in [3.63, 3.8) is 0 Å². The first-order valence-corrected chi connectivity index (χ1v) is 4.55. The van der Waals surface area contributed by atoms with Crippen LogP contribution < -0.4 is 11.1 Å². The van der Waals surface area contributed by atoms with Crippen molar-refractivity contribution < 1.29 is 9.90 Å². The van der Waals surface area contributed by atoms with Crippen molar-refractivity contribution in [3.05, 3.63) is 0 Å². The van der Waals surface area contributed by atoms with Gasteiger partial charge in [0.05, 0.1) is 18.6 Å². The highest BCUT2D eigenvalue weighted by Gasteiger charge is 2.28. The Morgan fingerprint density at radius 1 is 1.79 bits per heavy atom. The molecule has 1 aliphatic heterocycles. The van der Waals surface area contributed by atoms with Crippen molar-refractivity contribution in [2.45, 2.75) is 25.5 Å². The van der Waals surface area contributed by atoms with E-state index in [1.807, 2.05) is 0 Å². The summed E-state index contributed by atoms with van der Waals surface area (Å²) < 4.78 is 0. The van der Waals surface area contributed by atoms with E-state index in [0.717, 1.165) is 0 Å². The second-order valence-electron chi connectivity index (χ2n) is 3.61. The lowest BCUT2D eigenvalue weighted by Gasteiger charge is -2.39. The number of likely N-dealkylation sites (tertiary alicyclic amines) is 1. The number of rotatable bonds is 3. The fourth-order valence-corrected chi connectivity index (χ4v) is 1.32. The van der Waals surface area contributed by atoms with Crippen LogP contribution in [0.4, 0.5) is 0 Å². The minimum atomic E-state index is -0.612. The third-order valence-corrected chi connectivity index (χ3v) is 2.07. The van der Waals surface area contributed by atoms with Gasteiger partial charge in [-0.15, -0.1) is 0 Å². The molecule has 0 aromatic carbocycles. The van der Waals surface area contributed by atoms with Gasteiger partial charge >= 0.3 is 0 Å². The molecule has 0 aromatic rings. The molecule has 80 valence electrons. The van der Waals surface area contributed by atoms with Crippen LogP contribution in [0.3, 0.4) is 0 Å². The Balaban J connectivity index is 2.16. The van der Waals surface area contributed by atoms with Crippen LogP contribution in [0.1, 0.15) is 13.3 Å². The second-order valence-corrected chi connectivity index (χ2v) is 3.61. The summed E-state index contributed by atoms with van der Waals surface area (Å²) in [5, 5.41) is 18.8. The Morgan fingerprint density at radius 2 is 2.36 bits per heavy atom. The van der Waals surface area contributed by atoms with Crippen LogP contribution in [0.5, 0.6) is 0 Å². The summed E-state index contributed by atoms with van der Waals surface area (Å²) >= 11 is 0. The average Bonchev–Trinajstić information content (AvgIpc) is 1.93. The van der Waals surface area contributed by atoms with Crippen LogP contribution in [-0.4, -0.2) is 47.1 Å². The Labute approximate surface area is 82.6 Å². The molecule has 0 aliphatic carbocycles. The van der Waals surface area contributed by atoms with Gasteiger partial charge in [-0.1, -0.05) is 0 Å². The van der Waals surface area contributed by atoms with E-state index in [1.165, 1.54) is 0 Å². The van der Waals surface area contributed by atoms with E-state index in [9.17, 15) is 4.79 Å². The van der Waals surface area contributed by atoms with Crippen LogP contribution in [0.15, 0.2) is 0 Å². The van der Waals surface area contributed by atoms with Crippen molar-refractivity contribution in [1.82, 2.24) is 10.2 Å². The summed E-state index contributed by atoms with van der Waals surface area (Å²) in [6.45, 7) is 2.74. The molecular formula is C8H16N4O2. The number of carbonyl (C=O) groups is 1. The Bertz CT molecular complexity index is 235. The van der Waals surface area contributed by atoms with E-state index in [4.69, 9.17) is 16.2 Å². The van der Waals surface area contributed by atoms with Gasteiger partial charge in [0.2, 0.25) is 5.91 Å². The summed E-state index contributed by atoms with van der Waals surface area (Å²) in [7, 11) is 0. The van der Waals surface area contributed by atoms with E-state index in [-0.39, 0.29) is 24.3 Å². The quantitative estimate of drug-likeness (QED) is 0.327. The highest BCUT2D eigenvalue weighted by Crippen LogP contribution is 2.06. The molecule has 1 saturated heterocycles. The van der Waals surface area contributed by atoms with Gasteiger partial charge in [-0.25, -0.2) is 0 Å². The van der Waals surface area contributed by atoms with Gasteiger partial charge in [0.15, 0.2) is 5.96 Å².